The number of ether oxygens (including phenoxy) is 2. The van der Waals surface area contributed by atoms with Gasteiger partial charge in [0.2, 0.25) is 0 Å². The summed E-state index contributed by atoms with van der Waals surface area (Å²) in [6.45, 7) is 0.466. The molecule has 1 aliphatic heterocycles. The van der Waals surface area contributed by atoms with Crippen LogP contribution in [0.4, 0.5) is 0 Å². The molecular formula is C11H13ClO3. The lowest BCUT2D eigenvalue weighted by Gasteiger charge is -2.10. The number of aliphatic hydroxyl groups excluding tert-OH is 1. The Labute approximate surface area is 93.6 Å². The van der Waals surface area contributed by atoms with Gasteiger partial charge in [0.1, 0.15) is 6.10 Å². The van der Waals surface area contributed by atoms with E-state index in [0.29, 0.717) is 18.1 Å². The fourth-order valence-electron chi connectivity index (χ4n) is 1.57. The smallest absolute Gasteiger partial charge is 0.162 e. The third-order valence-electron chi connectivity index (χ3n) is 2.31. The minimum Gasteiger partial charge on any atom is -0.394 e. The van der Waals surface area contributed by atoms with E-state index in [0.717, 1.165) is 5.56 Å². The van der Waals surface area contributed by atoms with Gasteiger partial charge in [-0.05, 0) is 17.7 Å². The van der Waals surface area contributed by atoms with Gasteiger partial charge in [-0.25, -0.2) is 0 Å². The molecule has 1 heterocycles. The van der Waals surface area contributed by atoms with Crippen LogP contribution in [0.5, 0.6) is 0 Å². The molecule has 0 aliphatic carbocycles. The molecule has 82 valence electrons. The van der Waals surface area contributed by atoms with Gasteiger partial charge in [0.15, 0.2) is 6.29 Å². The maximum absolute atomic E-state index is 8.87. The van der Waals surface area contributed by atoms with Gasteiger partial charge >= 0.3 is 0 Å². The second-order valence-corrected chi connectivity index (χ2v) is 3.97. The van der Waals surface area contributed by atoms with Crippen LogP contribution in [0.2, 0.25) is 5.02 Å². The molecule has 4 heteroatoms. The molecule has 0 spiro atoms. The van der Waals surface area contributed by atoms with Gasteiger partial charge in [-0.1, -0.05) is 23.7 Å². The minimum atomic E-state index is -0.263. The van der Waals surface area contributed by atoms with Crippen LogP contribution in [0, 0.1) is 0 Å². The first-order chi connectivity index (χ1) is 7.28. The summed E-state index contributed by atoms with van der Waals surface area (Å²) < 4.78 is 10.8. The van der Waals surface area contributed by atoms with Gasteiger partial charge in [-0.3, -0.25) is 0 Å². The van der Waals surface area contributed by atoms with E-state index in [4.69, 9.17) is 26.2 Å². The van der Waals surface area contributed by atoms with E-state index in [1.54, 1.807) is 0 Å². The van der Waals surface area contributed by atoms with Crippen molar-refractivity contribution in [2.24, 2.45) is 0 Å². The molecule has 1 fully saturated rings. The first kappa shape index (κ1) is 10.9. The summed E-state index contributed by atoms with van der Waals surface area (Å²) in [6.07, 6.45) is 0.214. The highest BCUT2D eigenvalue weighted by Gasteiger charge is 2.25. The predicted molar refractivity (Wildman–Crippen MR) is 56.9 cm³/mol. The maximum atomic E-state index is 8.87. The number of hydrogen-bond acceptors (Lipinski definition) is 3. The zero-order valence-electron chi connectivity index (χ0n) is 8.23. The molecule has 1 saturated heterocycles. The maximum Gasteiger partial charge on any atom is 0.162 e. The normalized spacial score (nSPS) is 25.7. The summed E-state index contributed by atoms with van der Waals surface area (Å²) in [4.78, 5) is 0. The lowest BCUT2D eigenvalue weighted by molar-refractivity contribution is -0.0632. The molecule has 2 rings (SSSR count). The van der Waals surface area contributed by atoms with Crippen molar-refractivity contribution < 1.29 is 14.6 Å². The molecule has 15 heavy (non-hydrogen) atoms. The first-order valence-electron chi connectivity index (χ1n) is 4.90. The largest absolute Gasteiger partial charge is 0.394 e. The zero-order chi connectivity index (χ0) is 10.7. The first-order valence-corrected chi connectivity index (χ1v) is 5.28. The van der Waals surface area contributed by atoms with E-state index in [-0.39, 0.29) is 19.0 Å². The SMILES string of the molecule is OCC1COC(Cc2cccc(Cl)c2)O1. The summed E-state index contributed by atoms with van der Waals surface area (Å²) in [7, 11) is 0. The van der Waals surface area contributed by atoms with Crippen LogP contribution in [0.3, 0.4) is 0 Å². The summed E-state index contributed by atoms with van der Waals surface area (Å²) in [5, 5.41) is 9.58. The van der Waals surface area contributed by atoms with E-state index >= 15 is 0 Å². The Bertz CT molecular complexity index is 329. The minimum absolute atomic E-state index is 0.00600. The van der Waals surface area contributed by atoms with E-state index < -0.39 is 0 Å². The third-order valence-corrected chi connectivity index (χ3v) is 2.54. The van der Waals surface area contributed by atoms with E-state index in [2.05, 4.69) is 0 Å². The van der Waals surface area contributed by atoms with Crippen molar-refractivity contribution in [1.82, 2.24) is 0 Å². The molecule has 3 nitrogen and oxygen atoms in total. The lowest BCUT2D eigenvalue weighted by Crippen LogP contribution is -2.17. The fourth-order valence-corrected chi connectivity index (χ4v) is 1.78. The quantitative estimate of drug-likeness (QED) is 0.855. The van der Waals surface area contributed by atoms with Crippen molar-refractivity contribution in [2.75, 3.05) is 13.2 Å². The highest BCUT2D eigenvalue weighted by Crippen LogP contribution is 2.18. The van der Waals surface area contributed by atoms with Gasteiger partial charge in [-0.15, -0.1) is 0 Å². The van der Waals surface area contributed by atoms with Gasteiger partial charge in [-0.2, -0.15) is 0 Å². The van der Waals surface area contributed by atoms with Crippen molar-refractivity contribution >= 4 is 11.6 Å². The van der Waals surface area contributed by atoms with E-state index in [9.17, 15) is 0 Å². The summed E-state index contributed by atoms with van der Waals surface area (Å²) in [6, 6.07) is 7.60. The van der Waals surface area contributed by atoms with Gasteiger partial charge in [0.05, 0.1) is 13.2 Å². The van der Waals surface area contributed by atoms with Crippen molar-refractivity contribution in [1.29, 1.82) is 0 Å². The van der Waals surface area contributed by atoms with Gasteiger partial charge < -0.3 is 14.6 Å². The molecule has 1 N–H and O–H groups in total. The molecule has 1 aromatic carbocycles. The Hall–Kier alpha value is -0.610. The van der Waals surface area contributed by atoms with Crippen LogP contribution >= 0.6 is 11.6 Å². The summed E-state index contributed by atoms with van der Waals surface area (Å²) in [5.74, 6) is 0. The van der Waals surface area contributed by atoms with Crippen molar-refractivity contribution in [3.8, 4) is 0 Å². The summed E-state index contributed by atoms with van der Waals surface area (Å²) >= 11 is 5.86. The van der Waals surface area contributed by atoms with Crippen LogP contribution in [0.25, 0.3) is 0 Å². The molecule has 0 amide bonds. The topological polar surface area (TPSA) is 38.7 Å². The van der Waals surface area contributed by atoms with E-state index in [1.165, 1.54) is 0 Å². The number of aliphatic hydroxyl groups is 1. The molecule has 0 bridgehead atoms. The van der Waals surface area contributed by atoms with Crippen LogP contribution < -0.4 is 0 Å². The second kappa shape index (κ2) is 4.94. The Morgan fingerprint density at radius 1 is 1.47 bits per heavy atom. The van der Waals surface area contributed by atoms with Crippen LogP contribution in [-0.4, -0.2) is 30.7 Å². The number of rotatable bonds is 3. The Morgan fingerprint density at radius 3 is 3.00 bits per heavy atom. The molecule has 0 radical (unpaired) electrons. The van der Waals surface area contributed by atoms with Crippen LogP contribution in [-0.2, 0) is 15.9 Å². The average Bonchev–Trinajstić information content (AvgIpc) is 2.65. The van der Waals surface area contributed by atoms with Crippen molar-refractivity contribution in [3.63, 3.8) is 0 Å². The number of hydrogen-bond donors (Lipinski definition) is 1. The van der Waals surface area contributed by atoms with Crippen molar-refractivity contribution in [2.45, 2.75) is 18.8 Å². The fraction of sp³-hybridized carbons (Fsp3) is 0.455. The zero-order valence-corrected chi connectivity index (χ0v) is 8.98. The summed E-state index contributed by atoms with van der Waals surface area (Å²) in [5.41, 5.74) is 1.08. The molecule has 2 unspecified atom stereocenters. The van der Waals surface area contributed by atoms with Crippen LogP contribution in [0.1, 0.15) is 5.56 Å². The molecular weight excluding hydrogens is 216 g/mol. The molecule has 0 saturated carbocycles. The molecule has 1 aromatic rings. The van der Waals surface area contributed by atoms with Crippen molar-refractivity contribution in [3.05, 3.63) is 34.9 Å². The monoisotopic (exact) mass is 228 g/mol. The highest BCUT2D eigenvalue weighted by atomic mass is 35.5. The Morgan fingerprint density at radius 2 is 2.33 bits per heavy atom. The number of halogens is 1. The van der Waals surface area contributed by atoms with Gasteiger partial charge in [0, 0.05) is 11.4 Å². The predicted octanol–water partition coefficient (Wildman–Crippen LogP) is 1.62. The van der Waals surface area contributed by atoms with Crippen LogP contribution in [0.15, 0.2) is 24.3 Å². The Balaban J connectivity index is 1.92. The molecule has 2 atom stereocenters. The Kier molecular flexibility index (Phi) is 3.59. The van der Waals surface area contributed by atoms with Gasteiger partial charge in [0.25, 0.3) is 0 Å². The van der Waals surface area contributed by atoms with E-state index in [1.807, 2.05) is 24.3 Å². The second-order valence-electron chi connectivity index (χ2n) is 3.54. The molecule has 0 aromatic heterocycles. The third kappa shape index (κ3) is 2.92. The highest BCUT2D eigenvalue weighted by molar-refractivity contribution is 6.30. The average molecular weight is 229 g/mol. The molecule has 1 aliphatic rings. The lowest BCUT2D eigenvalue weighted by atomic mass is 10.1. The number of benzene rings is 1. The standard InChI is InChI=1S/C11H13ClO3/c12-9-3-1-2-8(4-9)5-11-14-7-10(6-13)15-11/h1-4,10-11,13H,5-7H2.